The summed E-state index contributed by atoms with van der Waals surface area (Å²) in [6, 6.07) is 4.67. The van der Waals surface area contributed by atoms with Gasteiger partial charge >= 0.3 is 5.69 Å². The van der Waals surface area contributed by atoms with Gasteiger partial charge in [0.1, 0.15) is 0 Å². The minimum absolute atomic E-state index is 0.0918. The Kier molecular flexibility index (Phi) is 5.93. The number of nitrogens with zero attached hydrogens (tertiary/aromatic N) is 2. The Balaban J connectivity index is 1.84. The maximum atomic E-state index is 12.9. The van der Waals surface area contributed by atoms with Crippen LogP contribution in [0.3, 0.4) is 0 Å². The van der Waals surface area contributed by atoms with Crippen LogP contribution < -0.4 is 22.3 Å². The third kappa shape index (κ3) is 3.84. The number of aromatic amines is 1. The number of H-pyrrole nitrogens is 1. The van der Waals surface area contributed by atoms with E-state index in [0.29, 0.717) is 42.6 Å². The van der Waals surface area contributed by atoms with Gasteiger partial charge in [0.05, 0.1) is 16.8 Å². The topological polar surface area (TPSA) is 130 Å². The largest absolute Gasteiger partial charge is 0.355 e. The molecule has 1 aromatic heterocycles. The van der Waals surface area contributed by atoms with Crippen molar-refractivity contribution in [2.45, 2.75) is 26.3 Å². The number of carbonyl (C=O) groups is 2. The Hall–Kier alpha value is -2.94. The molecular formula is C19H25N5O4. The number of fused-ring (bicyclic) bond motifs is 1. The number of benzene rings is 1. The van der Waals surface area contributed by atoms with Crippen LogP contribution in [0, 0.1) is 5.92 Å². The number of carbonyl (C=O) groups excluding carboxylic acids is 2. The van der Waals surface area contributed by atoms with Gasteiger partial charge in [-0.25, -0.2) is 4.79 Å². The first kappa shape index (κ1) is 19.8. The van der Waals surface area contributed by atoms with Crippen molar-refractivity contribution in [3.63, 3.8) is 0 Å². The first-order valence-corrected chi connectivity index (χ1v) is 9.50. The molecule has 0 saturated carbocycles. The van der Waals surface area contributed by atoms with Crippen LogP contribution >= 0.6 is 0 Å². The number of nitrogens with two attached hydrogens (primary N) is 1. The van der Waals surface area contributed by atoms with Gasteiger partial charge in [0, 0.05) is 38.3 Å². The zero-order valence-corrected chi connectivity index (χ0v) is 15.9. The molecule has 150 valence electrons. The Labute approximate surface area is 161 Å². The number of rotatable bonds is 5. The molecule has 1 saturated heterocycles. The van der Waals surface area contributed by atoms with Crippen LogP contribution in [0.4, 0.5) is 0 Å². The summed E-state index contributed by atoms with van der Waals surface area (Å²) in [6.45, 7) is 3.67. The lowest BCUT2D eigenvalue weighted by atomic mass is 9.96. The average Bonchev–Trinajstić information content (AvgIpc) is 2.71. The molecule has 28 heavy (non-hydrogen) atoms. The van der Waals surface area contributed by atoms with Gasteiger partial charge in [0.2, 0.25) is 5.91 Å². The van der Waals surface area contributed by atoms with Gasteiger partial charge in [-0.15, -0.1) is 0 Å². The molecule has 1 atom stereocenters. The minimum Gasteiger partial charge on any atom is -0.355 e. The van der Waals surface area contributed by atoms with Crippen LogP contribution in [-0.2, 0) is 11.3 Å². The summed E-state index contributed by atoms with van der Waals surface area (Å²) in [7, 11) is 0. The van der Waals surface area contributed by atoms with Crippen LogP contribution in [0.1, 0.15) is 30.1 Å². The van der Waals surface area contributed by atoms with E-state index in [4.69, 9.17) is 5.73 Å². The molecule has 2 heterocycles. The van der Waals surface area contributed by atoms with Gasteiger partial charge in [-0.1, -0.05) is 0 Å². The molecule has 0 bridgehead atoms. The number of piperidine rings is 1. The molecule has 1 aliphatic rings. The fraction of sp³-hybridized carbons (Fsp3) is 0.474. The average molecular weight is 387 g/mol. The molecule has 9 nitrogen and oxygen atoms in total. The summed E-state index contributed by atoms with van der Waals surface area (Å²) in [6.07, 6.45) is 1.46. The first-order chi connectivity index (χ1) is 13.5. The molecule has 1 unspecified atom stereocenters. The van der Waals surface area contributed by atoms with E-state index >= 15 is 0 Å². The number of hydrogen-bond acceptors (Lipinski definition) is 5. The van der Waals surface area contributed by atoms with Crippen molar-refractivity contribution in [2.75, 3.05) is 26.2 Å². The molecule has 2 aromatic rings. The highest BCUT2D eigenvalue weighted by molar-refractivity contribution is 5.98. The molecule has 0 aliphatic carbocycles. The smallest absolute Gasteiger partial charge is 0.328 e. The number of hydrogen-bond donors (Lipinski definition) is 3. The van der Waals surface area contributed by atoms with Crippen molar-refractivity contribution in [3.05, 3.63) is 44.6 Å². The summed E-state index contributed by atoms with van der Waals surface area (Å²) in [4.78, 5) is 53.8. The second-order valence-corrected chi connectivity index (χ2v) is 6.91. The zero-order valence-electron chi connectivity index (χ0n) is 15.9. The van der Waals surface area contributed by atoms with E-state index in [9.17, 15) is 19.2 Å². The summed E-state index contributed by atoms with van der Waals surface area (Å²) in [5.74, 6) is -0.578. The molecule has 4 N–H and O–H groups in total. The third-order valence-electron chi connectivity index (χ3n) is 5.07. The van der Waals surface area contributed by atoms with E-state index in [-0.39, 0.29) is 29.8 Å². The monoisotopic (exact) mass is 387 g/mol. The molecule has 3 rings (SSSR count). The van der Waals surface area contributed by atoms with Gasteiger partial charge in [0.15, 0.2) is 0 Å². The lowest BCUT2D eigenvalue weighted by Crippen LogP contribution is -2.46. The number of nitrogens with one attached hydrogen (secondary N) is 2. The number of aromatic nitrogens is 2. The quantitative estimate of drug-likeness (QED) is 0.645. The van der Waals surface area contributed by atoms with Crippen molar-refractivity contribution >= 4 is 22.7 Å². The summed E-state index contributed by atoms with van der Waals surface area (Å²) in [5, 5.41) is 3.13. The second-order valence-electron chi connectivity index (χ2n) is 6.91. The minimum atomic E-state index is -0.501. The standard InChI is InChI=1S/C19H25N5O4/c1-2-24-18(27)14-6-5-12(10-15(14)22-19(24)28)17(26)23-9-3-4-13(11-23)16(25)21-8-7-20/h5-6,10,13H,2-4,7-9,11,20H2,1H3,(H,21,25)(H,22,28). The number of likely N-dealkylation sites (tertiary alicyclic amines) is 1. The van der Waals surface area contributed by atoms with Crippen LogP contribution in [0.2, 0.25) is 0 Å². The molecule has 0 spiro atoms. The maximum Gasteiger partial charge on any atom is 0.328 e. The van der Waals surface area contributed by atoms with Crippen molar-refractivity contribution in [1.29, 1.82) is 0 Å². The van der Waals surface area contributed by atoms with E-state index in [0.717, 1.165) is 17.4 Å². The SMILES string of the molecule is CCn1c(=O)[nH]c2cc(C(=O)N3CCCC(C(=O)NCCN)C3)ccc2c1=O. The van der Waals surface area contributed by atoms with Crippen LogP contribution in [-0.4, -0.2) is 52.4 Å². The molecule has 9 heteroatoms. The fourth-order valence-corrected chi connectivity index (χ4v) is 3.57. The summed E-state index contributed by atoms with van der Waals surface area (Å²) >= 11 is 0. The van der Waals surface area contributed by atoms with Crippen molar-refractivity contribution in [1.82, 2.24) is 19.8 Å². The Morgan fingerprint density at radius 2 is 2.11 bits per heavy atom. The summed E-state index contributed by atoms with van der Waals surface area (Å²) in [5.41, 5.74) is 5.24. The molecular weight excluding hydrogens is 362 g/mol. The highest BCUT2D eigenvalue weighted by Gasteiger charge is 2.28. The van der Waals surface area contributed by atoms with E-state index in [2.05, 4.69) is 10.3 Å². The molecule has 0 radical (unpaired) electrons. The van der Waals surface area contributed by atoms with Gasteiger partial charge in [-0.2, -0.15) is 0 Å². The molecule has 1 fully saturated rings. The van der Waals surface area contributed by atoms with Crippen molar-refractivity contribution < 1.29 is 9.59 Å². The van der Waals surface area contributed by atoms with Crippen molar-refractivity contribution in [3.8, 4) is 0 Å². The Morgan fingerprint density at radius 1 is 1.32 bits per heavy atom. The predicted molar refractivity (Wildman–Crippen MR) is 105 cm³/mol. The van der Waals surface area contributed by atoms with Gasteiger partial charge < -0.3 is 20.9 Å². The van der Waals surface area contributed by atoms with Gasteiger partial charge in [0.25, 0.3) is 11.5 Å². The van der Waals surface area contributed by atoms with E-state index in [1.807, 2.05) is 0 Å². The second kappa shape index (κ2) is 8.39. The van der Waals surface area contributed by atoms with Gasteiger partial charge in [-0.3, -0.25) is 19.0 Å². The maximum absolute atomic E-state index is 12.9. The lowest BCUT2D eigenvalue weighted by molar-refractivity contribution is -0.126. The van der Waals surface area contributed by atoms with Crippen LogP contribution in [0.15, 0.2) is 27.8 Å². The van der Waals surface area contributed by atoms with Crippen molar-refractivity contribution in [2.24, 2.45) is 11.7 Å². The van der Waals surface area contributed by atoms with E-state index in [1.54, 1.807) is 24.0 Å². The van der Waals surface area contributed by atoms with Gasteiger partial charge in [-0.05, 0) is 38.0 Å². The first-order valence-electron chi connectivity index (χ1n) is 9.50. The van der Waals surface area contributed by atoms with E-state index < -0.39 is 5.69 Å². The van der Waals surface area contributed by atoms with Crippen LogP contribution in [0.5, 0.6) is 0 Å². The third-order valence-corrected chi connectivity index (χ3v) is 5.07. The normalized spacial score (nSPS) is 16.9. The Morgan fingerprint density at radius 3 is 2.82 bits per heavy atom. The summed E-state index contributed by atoms with van der Waals surface area (Å²) < 4.78 is 1.11. The van der Waals surface area contributed by atoms with E-state index in [1.165, 1.54) is 6.07 Å². The lowest BCUT2D eigenvalue weighted by Gasteiger charge is -2.32. The highest BCUT2D eigenvalue weighted by atomic mass is 16.2. The Bertz CT molecular complexity index is 1010. The highest BCUT2D eigenvalue weighted by Crippen LogP contribution is 2.20. The van der Waals surface area contributed by atoms with Crippen LogP contribution in [0.25, 0.3) is 10.9 Å². The molecule has 1 aromatic carbocycles. The molecule has 1 aliphatic heterocycles. The fourth-order valence-electron chi connectivity index (χ4n) is 3.57. The zero-order chi connectivity index (χ0) is 20.3. The molecule has 2 amide bonds. The predicted octanol–water partition coefficient (Wildman–Crippen LogP) is -0.363. The number of amides is 2.